The Morgan fingerprint density at radius 3 is 1.81 bits per heavy atom. The molecule has 0 aliphatic carbocycles. The molecule has 0 aromatic rings. The molecular formula is C29H60NO5PS. The van der Waals surface area contributed by atoms with Gasteiger partial charge in [-0.2, -0.15) is 11.8 Å². The number of nitrogens with zero attached hydrogens (tertiary/aromatic N) is 1. The van der Waals surface area contributed by atoms with Gasteiger partial charge in [-0.25, -0.2) is 9.24 Å². The van der Waals surface area contributed by atoms with E-state index in [9.17, 15) is 9.46 Å². The van der Waals surface area contributed by atoms with E-state index in [0.717, 1.165) is 17.9 Å². The summed E-state index contributed by atoms with van der Waals surface area (Å²) in [6.07, 6.45) is 23.5. The molecule has 1 fully saturated rings. The third kappa shape index (κ3) is 20.9. The molecule has 1 saturated heterocycles. The van der Waals surface area contributed by atoms with Crippen molar-refractivity contribution in [1.29, 1.82) is 0 Å². The van der Waals surface area contributed by atoms with Crippen molar-refractivity contribution >= 4 is 19.5 Å². The van der Waals surface area contributed by atoms with Crippen molar-refractivity contribution in [1.82, 2.24) is 4.67 Å². The van der Waals surface area contributed by atoms with Gasteiger partial charge in [0.15, 0.2) is 0 Å². The van der Waals surface area contributed by atoms with Gasteiger partial charge >= 0.3 is 7.75 Å². The van der Waals surface area contributed by atoms with Crippen LogP contribution in [0.25, 0.3) is 0 Å². The van der Waals surface area contributed by atoms with Crippen LogP contribution in [-0.4, -0.2) is 66.7 Å². The van der Waals surface area contributed by atoms with Gasteiger partial charge in [0, 0.05) is 25.4 Å². The molecule has 8 heteroatoms. The third-order valence-corrected chi connectivity index (χ3v) is 9.86. The van der Waals surface area contributed by atoms with Crippen LogP contribution in [0.15, 0.2) is 0 Å². The molecule has 0 bridgehead atoms. The van der Waals surface area contributed by atoms with Gasteiger partial charge in [0.1, 0.15) is 0 Å². The fraction of sp³-hybridized carbons (Fsp3) is 1.00. The zero-order chi connectivity index (χ0) is 26.9. The zero-order valence-corrected chi connectivity index (χ0v) is 26.1. The molecule has 1 N–H and O–H groups in total. The summed E-state index contributed by atoms with van der Waals surface area (Å²) in [5.74, 6) is 1.94. The first kappa shape index (κ1) is 35.4. The van der Waals surface area contributed by atoms with Gasteiger partial charge in [0.05, 0.1) is 25.9 Å². The van der Waals surface area contributed by atoms with Crippen molar-refractivity contribution in [2.45, 2.75) is 136 Å². The number of morpholine rings is 1. The summed E-state index contributed by atoms with van der Waals surface area (Å²) in [7, 11) is -3.79. The van der Waals surface area contributed by atoms with E-state index in [1.54, 1.807) is 0 Å². The van der Waals surface area contributed by atoms with Gasteiger partial charge in [-0.05, 0) is 18.6 Å². The van der Waals surface area contributed by atoms with Gasteiger partial charge in [0.25, 0.3) is 0 Å². The van der Waals surface area contributed by atoms with E-state index in [1.165, 1.54) is 114 Å². The molecule has 1 aliphatic rings. The summed E-state index contributed by atoms with van der Waals surface area (Å²) in [5.41, 5.74) is 0. The largest absolute Gasteiger partial charge is 0.405 e. The second-order valence-corrected chi connectivity index (χ2v) is 13.5. The quantitative estimate of drug-likeness (QED) is 0.0790. The van der Waals surface area contributed by atoms with Crippen molar-refractivity contribution in [3.63, 3.8) is 0 Å². The number of hydrogen-bond acceptors (Lipinski definition) is 5. The van der Waals surface area contributed by atoms with Crippen LogP contribution in [0, 0.1) is 0 Å². The summed E-state index contributed by atoms with van der Waals surface area (Å²) in [6, 6.07) is 0. The second-order valence-electron chi connectivity index (χ2n) is 10.6. The molecular weight excluding hydrogens is 505 g/mol. The van der Waals surface area contributed by atoms with E-state index >= 15 is 0 Å². The summed E-state index contributed by atoms with van der Waals surface area (Å²) in [4.78, 5) is 10.4. The highest BCUT2D eigenvalue weighted by Crippen LogP contribution is 2.46. The van der Waals surface area contributed by atoms with Crippen LogP contribution in [0.3, 0.4) is 0 Å². The summed E-state index contributed by atoms with van der Waals surface area (Å²) in [5, 5.41) is 0. The number of hydrogen-bond donors (Lipinski definition) is 1. The smallest absolute Gasteiger partial charge is 0.379 e. The average molecular weight is 566 g/mol. The van der Waals surface area contributed by atoms with E-state index in [0.29, 0.717) is 32.9 Å². The Morgan fingerprint density at radius 1 is 0.784 bits per heavy atom. The average Bonchev–Trinajstić information content (AvgIpc) is 2.91. The van der Waals surface area contributed by atoms with Gasteiger partial charge in [-0.15, -0.1) is 0 Å². The maximum atomic E-state index is 12.7. The monoisotopic (exact) mass is 565 g/mol. The normalized spacial score (nSPS) is 17.2. The van der Waals surface area contributed by atoms with E-state index in [1.807, 2.05) is 11.8 Å². The summed E-state index contributed by atoms with van der Waals surface area (Å²) in [6.45, 7) is 7.22. The Balaban J connectivity index is 2.22. The van der Waals surface area contributed by atoms with E-state index in [2.05, 4.69) is 13.8 Å². The highest BCUT2D eigenvalue weighted by Gasteiger charge is 2.32. The Hall–Kier alpha value is 0.380. The first-order valence-corrected chi connectivity index (χ1v) is 18.3. The van der Waals surface area contributed by atoms with Gasteiger partial charge in [-0.3, -0.25) is 4.52 Å². The maximum absolute atomic E-state index is 12.7. The van der Waals surface area contributed by atoms with Crippen LogP contribution in [0.4, 0.5) is 0 Å². The minimum atomic E-state index is -3.79. The molecule has 0 aromatic heterocycles. The molecule has 222 valence electrons. The Labute approximate surface area is 233 Å². The molecule has 37 heavy (non-hydrogen) atoms. The third-order valence-electron chi connectivity index (χ3n) is 7.07. The van der Waals surface area contributed by atoms with Crippen LogP contribution in [0.5, 0.6) is 0 Å². The molecule has 1 heterocycles. The Kier molecular flexibility index (Phi) is 24.3. The van der Waals surface area contributed by atoms with Crippen LogP contribution in [-0.2, 0) is 18.6 Å². The maximum Gasteiger partial charge on any atom is 0.405 e. The van der Waals surface area contributed by atoms with Gasteiger partial charge < -0.3 is 14.4 Å². The van der Waals surface area contributed by atoms with Crippen molar-refractivity contribution in [3.05, 3.63) is 0 Å². The van der Waals surface area contributed by atoms with E-state index in [-0.39, 0.29) is 12.7 Å². The number of rotatable bonds is 27. The lowest BCUT2D eigenvalue weighted by molar-refractivity contribution is 0.0177. The van der Waals surface area contributed by atoms with E-state index < -0.39 is 7.75 Å². The van der Waals surface area contributed by atoms with Crippen LogP contribution >= 0.6 is 19.5 Å². The first-order chi connectivity index (χ1) is 18.1. The Morgan fingerprint density at radius 2 is 1.27 bits per heavy atom. The minimum absolute atomic E-state index is 0.140. The second kappa shape index (κ2) is 25.4. The molecule has 0 radical (unpaired) electrons. The molecule has 2 unspecified atom stereocenters. The number of unbranched alkanes of at least 4 members (excludes halogenated alkanes) is 16. The fourth-order valence-corrected chi connectivity index (χ4v) is 6.83. The molecule has 0 saturated carbocycles. The standard InChI is InChI=1S/C29H60NO5PS/c1-3-5-7-9-11-13-14-16-18-20-26-37-28-29(34-23-19-17-15-12-10-8-6-4-2)27-35-36(31,32)30-21-24-33-25-22-30/h29H,3-28H2,1-2H3,(H,31,32). The molecule has 0 amide bonds. The predicted octanol–water partition coefficient (Wildman–Crippen LogP) is 8.62. The Bertz CT molecular complexity index is 536. The van der Waals surface area contributed by atoms with E-state index in [4.69, 9.17) is 14.0 Å². The fourth-order valence-electron chi connectivity index (χ4n) is 4.60. The van der Waals surface area contributed by atoms with Crippen LogP contribution in [0.2, 0.25) is 0 Å². The van der Waals surface area contributed by atoms with Crippen molar-refractivity contribution in [2.75, 3.05) is 51.0 Å². The van der Waals surface area contributed by atoms with Gasteiger partial charge in [-0.1, -0.05) is 117 Å². The van der Waals surface area contributed by atoms with Crippen molar-refractivity contribution in [2.24, 2.45) is 0 Å². The van der Waals surface area contributed by atoms with Crippen molar-refractivity contribution in [3.8, 4) is 0 Å². The molecule has 2 atom stereocenters. The highest BCUT2D eigenvalue weighted by molar-refractivity contribution is 7.99. The predicted molar refractivity (Wildman–Crippen MR) is 160 cm³/mol. The summed E-state index contributed by atoms with van der Waals surface area (Å²) < 4.78 is 31.2. The van der Waals surface area contributed by atoms with Crippen LogP contribution < -0.4 is 0 Å². The lowest BCUT2D eigenvalue weighted by Crippen LogP contribution is -2.35. The zero-order valence-electron chi connectivity index (χ0n) is 24.3. The minimum Gasteiger partial charge on any atom is -0.379 e. The van der Waals surface area contributed by atoms with Crippen LogP contribution in [0.1, 0.15) is 129 Å². The molecule has 0 aromatic carbocycles. The molecule has 1 rings (SSSR count). The first-order valence-electron chi connectivity index (χ1n) is 15.6. The molecule has 1 aliphatic heterocycles. The summed E-state index contributed by atoms with van der Waals surface area (Å²) >= 11 is 1.89. The highest BCUT2D eigenvalue weighted by atomic mass is 32.2. The SMILES string of the molecule is CCCCCCCCCCCCSCC(COP(=O)(O)N1CCOCC1)OCCCCCCCCCC. The van der Waals surface area contributed by atoms with Gasteiger partial charge in [0.2, 0.25) is 0 Å². The number of ether oxygens (including phenoxy) is 2. The lowest BCUT2D eigenvalue weighted by Gasteiger charge is -2.30. The lowest BCUT2D eigenvalue weighted by atomic mass is 10.1. The molecule has 6 nitrogen and oxygen atoms in total. The molecule has 0 spiro atoms. The number of thioether (sulfide) groups is 1. The topological polar surface area (TPSA) is 68.2 Å². The van der Waals surface area contributed by atoms with Crippen molar-refractivity contribution < 1.29 is 23.5 Å².